The standard InChI is InChI=1S/C2H2O4.H2O.Sc/c3-1(4)2(5)6;;/h(H,3,4)(H,5,6);1H2;/q;;+3/p-2. The Morgan fingerprint density at radius 1 is 1.00 bits per heavy atom. The van der Waals surface area contributed by atoms with Crippen molar-refractivity contribution in [2.24, 2.45) is 0 Å². The maximum atomic E-state index is 8.93. The monoisotopic (exact) mass is 151 g/mol. The van der Waals surface area contributed by atoms with E-state index in [-0.39, 0.29) is 31.3 Å². The minimum absolute atomic E-state index is 0. The van der Waals surface area contributed by atoms with Gasteiger partial charge in [-0.2, -0.15) is 0 Å². The van der Waals surface area contributed by atoms with Gasteiger partial charge in [0, 0.05) is 0 Å². The van der Waals surface area contributed by atoms with E-state index >= 15 is 0 Å². The second kappa shape index (κ2) is 6.77. The molecule has 0 aromatic heterocycles. The Kier molecular flexibility index (Phi) is 13.2. The Hall–Kier alpha value is -0.230. The molecular formula is C2H2O5Sc+. The fourth-order valence-electron chi connectivity index (χ4n) is 0. The van der Waals surface area contributed by atoms with Gasteiger partial charge in [0.05, 0.1) is 11.9 Å². The molecule has 0 bridgehead atoms. The van der Waals surface area contributed by atoms with Gasteiger partial charge >= 0.3 is 25.8 Å². The van der Waals surface area contributed by atoms with Gasteiger partial charge in [-0.25, -0.2) is 0 Å². The normalized spacial score (nSPS) is 5.50. The van der Waals surface area contributed by atoms with E-state index in [1.165, 1.54) is 0 Å². The Balaban J connectivity index is -0.000000125. The smallest absolute Gasteiger partial charge is 0.543 e. The molecule has 0 fully saturated rings. The Morgan fingerprint density at radius 2 is 1.12 bits per heavy atom. The van der Waals surface area contributed by atoms with Crippen molar-refractivity contribution in [3.63, 3.8) is 0 Å². The first-order chi connectivity index (χ1) is 2.64. The van der Waals surface area contributed by atoms with Crippen molar-refractivity contribution in [3.05, 3.63) is 0 Å². The molecule has 0 saturated heterocycles. The molecule has 8 heavy (non-hydrogen) atoms. The molecule has 0 saturated carbocycles. The van der Waals surface area contributed by atoms with Gasteiger partial charge in [0.15, 0.2) is 0 Å². The Labute approximate surface area is 63.4 Å². The van der Waals surface area contributed by atoms with Crippen LogP contribution in [-0.4, -0.2) is 17.4 Å². The van der Waals surface area contributed by atoms with Gasteiger partial charge in [-0.1, -0.05) is 0 Å². The predicted molar refractivity (Wildman–Crippen MR) is 13.6 cm³/mol. The van der Waals surface area contributed by atoms with E-state index < -0.39 is 11.9 Å². The first-order valence-corrected chi connectivity index (χ1v) is 1.07. The van der Waals surface area contributed by atoms with Crippen LogP contribution in [0.4, 0.5) is 0 Å². The van der Waals surface area contributed by atoms with Crippen LogP contribution in [0.1, 0.15) is 0 Å². The second-order valence-corrected chi connectivity index (χ2v) is 0.575. The SMILES string of the molecule is O.O=C([O-])C(=O)[O-].[Sc+3]. The molecule has 0 spiro atoms. The molecule has 0 aromatic carbocycles. The van der Waals surface area contributed by atoms with Crippen LogP contribution >= 0.6 is 0 Å². The third-order valence-corrected chi connectivity index (χ3v) is 0.167. The van der Waals surface area contributed by atoms with Crippen molar-refractivity contribution in [3.8, 4) is 0 Å². The number of carbonyl (C=O) groups is 2. The number of hydrogen-bond donors (Lipinski definition) is 0. The van der Waals surface area contributed by atoms with E-state index in [4.69, 9.17) is 19.8 Å². The van der Waals surface area contributed by atoms with Crippen LogP contribution in [-0.2, 0) is 35.4 Å². The minimum Gasteiger partial charge on any atom is -0.543 e. The van der Waals surface area contributed by atoms with E-state index in [0.29, 0.717) is 0 Å². The van der Waals surface area contributed by atoms with Gasteiger partial charge in [-0.05, 0) is 0 Å². The van der Waals surface area contributed by atoms with Crippen molar-refractivity contribution in [2.45, 2.75) is 0 Å². The number of carboxylic acid groups (broad SMARTS) is 2. The molecule has 2 N–H and O–H groups in total. The fraction of sp³-hybridized carbons (Fsp3) is 0. The number of carboxylic acids is 2. The summed E-state index contributed by atoms with van der Waals surface area (Å²) in [4.78, 5) is 17.9. The molecule has 0 aromatic rings. The van der Waals surface area contributed by atoms with Crippen molar-refractivity contribution in [1.82, 2.24) is 0 Å². The van der Waals surface area contributed by atoms with Gasteiger partial charge in [0.25, 0.3) is 0 Å². The van der Waals surface area contributed by atoms with E-state index in [1.807, 2.05) is 0 Å². The van der Waals surface area contributed by atoms with E-state index in [1.54, 1.807) is 0 Å². The fourth-order valence-corrected chi connectivity index (χ4v) is 0. The third kappa shape index (κ3) is 9.24. The summed E-state index contributed by atoms with van der Waals surface area (Å²) in [6, 6.07) is 0. The number of hydrogen-bond acceptors (Lipinski definition) is 4. The van der Waals surface area contributed by atoms with Crippen molar-refractivity contribution in [1.29, 1.82) is 0 Å². The summed E-state index contributed by atoms with van der Waals surface area (Å²) in [7, 11) is 0. The molecule has 5 nitrogen and oxygen atoms in total. The zero-order valence-electron chi connectivity index (χ0n) is 3.71. The minimum atomic E-state index is -2.19. The van der Waals surface area contributed by atoms with Crippen LogP contribution in [0.3, 0.4) is 0 Å². The summed E-state index contributed by atoms with van der Waals surface area (Å²) >= 11 is 0. The average Bonchev–Trinajstić information content (AvgIpc) is 1.36. The number of rotatable bonds is 0. The third-order valence-electron chi connectivity index (χ3n) is 0.167. The first kappa shape index (κ1) is 15.7. The summed E-state index contributed by atoms with van der Waals surface area (Å²) in [5, 5.41) is 17.9. The molecule has 0 heterocycles. The van der Waals surface area contributed by atoms with Crippen molar-refractivity contribution >= 4 is 11.9 Å². The molecule has 0 rings (SSSR count). The summed E-state index contributed by atoms with van der Waals surface area (Å²) < 4.78 is 0. The molecule has 0 aliphatic rings. The average molecular weight is 151 g/mol. The predicted octanol–water partition coefficient (Wildman–Crippen LogP) is -4.34. The van der Waals surface area contributed by atoms with E-state index in [0.717, 1.165) is 0 Å². The number of carbonyl (C=O) groups excluding carboxylic acids is 2. The maximum Gasteiger partial charge on any atom is 3.00 e. The Morgan fingerprint density at radius 3 is 1.12 bits per heavy atom. The van der Waals surface area contributed by atoms with Gasteiger partial charge in [0.1, 0.15) is 0 Å². The summed E-state index contributed by atoms with van der Waals surface area (Å²) in [6.45, 7) is 0. The first-order valence-electron chi connectivity index (χ1n) is 1.07. The van der Waals surface area contributed by atoms with Gasteiger partial charge in [0.2, 0.25) is 0 Å². The summed E-state index contributed by atoms with van der Waals surface area (Å²) in [6.07, 6.45) is 0. The van der Waals surface area contributed by atoms with Crippen LogP contribution in [0.5, 0.6) is 0 Å². The number of aliphatic carboxylic acids is 2. The quantitative estimate of drug-likeness (QED) is 0.325. The largest absolute Gasteiger partial charge is 3.00 e. The van der Waals surface area contributed by atoms with Gasteiger partial charge in [-0.15, -0.1) is 0 Å². The topological polar surface area (TPSA) is 112 Å². The molecule has 0 radical (unpaired) electrons. The molecule has 0 aliphatic carbocycles. The zero-order valence-corrected chi connectivity index (χ0v) is 5.51. The van der Waals surface area contributed by atoms with E-state index in [2.05, 4.69) is 0 Å². The van der Waals surface area contributed by atoms with E-state index in [9.17, 15) is 0 Å². The second-order valence-electron chi connectivity index (χ2n) is 0.575. The van der Waals surface area contributed by atoms with Crippen molar-refractivity contribution < 1.29 is 51.1 Å². The molecule has 6 heteroatoms. The van der Waals surface area contributed by atoms with Crippen LogP contribution in [0, 0.1) is 0 Å². The van der Waals surface area contributed by atoms with Crippen LogP contribution in [0.2, 0.25) is 0 Å². The van der Waals surface area contributed by atoms with Crippen LogP contribution in [0.25, 0.3) is 0 Å². The molecule has 0 amide bonds. The molecule has 42 valence electrons. The van der Waals surface area contributed by atoms with Gasteiger partial charge in [-0.3, -0.25) is 0 Å². The van der Waals surface area contributed by atoms with Crippen molar-refractivity contribution in [2.75, 3.05) is 0 Å². The van der Waals surface area contributed by atoms with Crippen LogP contribution in [0.15, 0.2) is 0 Å². The molecule has 0 unspecified atom stereocenters. The van der Waals surface area contributed by atoms with Gasteiger partial charge < -0.3 is 25.3 Å². The maximum absolute atomic E-state index is 8.93. The molecular weight excluding hydrogens is 149 g/mol. The summed E-state index contributed by atoms with van der Waals surface area (Å²) in [5.74, 6) is -4.37. The molecule has 0 aliphatic heterocycles. The van der Waals surface area contributed by atoms with Crippen LogP contribution < -0.4 is 10.2 Å². The summed E-state index contributed by atoms with van der Waals surface area (Å²) in [5.41, 5.74) is 0. The molecule has 0 atom stereocenters. The zero-order chi connectivity index (χ0) is 5.15. The Bertz CT molecular complexity index is 76.4.